The third-order valence-corrected chi connectivity index (χ3v) is 9.68. The van der Waals surface area contributed by atoms with Gasteiger partial charge in [-0.2, -0.15) is 0 Å². The maximum Gasteiger partial charge on any atom is 0.192 e. The molecule has 0 unspecified atom stereocenters. The summed E-state index contributed by atoms with van der Waals surface area (Å²) < 4.78 is 6.81. The van der Waals surface area contributed by atoms with Gasteiger partial charge in [0.25, 0.3) is 0 Å². The van der Waals surface area contributed by atoms with E-state index in [1.807, 2.05) is 0 Å². The van der Waals surface area contributed by atoms with Crippen LogP contribution in [0.25, 0.3) is 0 Å². The molecule has 18 heavy (non-hydrogen) atoms. The highest BCUT2D eigenvalue weighted by Gasteiger charge is 2.40. The Hall–Kier alpha value is 0.137. The average Bonchev–Trinajstić information content (AvgIpc) is 2.63. The van der Waals surface area contributed by atoms with Crippen LogP contribution in [0.3, 0.4) is 0 Å². The van der Waals surface area contributed by atoms with E-state index in [0.29, 0.717) is 0 Å². The molecule has 2 nitrogen and oxygen atoms in total. The first kappa shape index (κ1) is 16.2. The van der Waals surface area contributed by atoms with Crippen molar-refractivity contribution in [1.29, 1.82) is 0 Å². The van der Waals surface area contributed by atoms with Crippen molar-refractivity contribution >= 4 is 8.32 Å². The molecule has 0 saturated heterocycles. The molecule has 0 aromatic heterocycles. The summed E-state index contributed by atoms with van der Waals surface area (Å²) >= 11 is 0. The molecule has 108 valence electrons. The molecule has 0 bridgehead atoms. The van der Waals surface area contributed by atoms with Crippen molar-refractivity contribution in [3.05, 3.63) is 0 Å². The number of hydrogen-bond acceptors (Lipinski definition) is 2. The molecule has 0 radical (unpaired) electrons. The van der Waals surface area contributed by atoms with Gasteiger partial charge in [-0.3, -0.25) is 0 Å². The summed E-state index contributed by atoms with van der Waals surface area (Å²) in [5.74, 6) is 0. The Balaban J connectivity index is 2.82. The molecule has 1 fully saturated rings. The van der Waals surface area contributed by atoms with Crippen molar-refractivity contribution in [3.63, 3.8) is 0 Å². The summed E-state index contributed by atoms with van der Waals surface area (Å²) in [7, 11) is -1.55. The van der Waals surface area contributed by atoms with Crippen LogP contribution in [0.4, 0.5) is 0 Å². The number of aliphatic hydroxyl groups is 1. The molecule has 0 aromatic rings. The fraction of sp³-hybridized carbons (Fsp3) is 1.00. The molecule has 1 rings (SSSR count). The van der Waals surface area contributed by atoms with Gasteiger partial charge in [-0.05, 0) is 37.4 Å². The monoisotopic (exact) mass is 272 g/mol. The van der Waals surface area contributed by atoms with Gasteiger partial charge in [-0.1, -0.05) is 46.5 Å². The largest absolute Gasteiger partial charge is 0.411 e. The van der Waals surface area contributed by atoms with Gasteiger partial charge in [-0.15, -0.1) is 0 Å². The molecule has 1 aliphatic carbocycles. The van der Waals surface area contributed by atoms with Crippen molar-refractivity contribution < 1.29 is 9.53 Å². The van der Waals surface area contributed by atoms with Crippen molar-refractivity contribution in [2.45, 2.75) is 89.5 Å². The van der Waals surface area contributed by atoms with E-state index in [1.54, 1.807) is 0 Å². The summed E-state index contributed by atoms with van der Waals surface area (Å²) in [4.78, 5) is 0. The number of rotatable bonds is 7. The van der Waals surface area contributed by atoms with Gasteiger partial charge in [0.15, 0.2) is 8.32 Å². The van der Waals surface area contributed by atoms with E-state index in [2.05, 4.69) is 20.8 Å². The number of aliphatic hydroxyl groups excluding tert-OH is 1. The SMILES string of the molecule is CC[Si](CC)(CC)OC1(CCO)CCCCCC1. The molecule has 1 N–H and O–H groups in total. The lowest BCUT2D eigenvalue weighted by Gasteiger charge is -2.42. The van der Waals surface area contributed by atoms with Crippen LogP contribution in [0.1, 0.15) is 65.7 Å². The average molecular weight is 273 g/mol. The van der Waals surface area contributed by atoms with Gasteiger partial charge in [0.1, 0.15) is 0 Å². The van der Waals surface area contributed by atoms with Gasteiger partial charge in [-0.25, -0.2) is 0 Å². The Labute approximate surface area is 114 Å². The second-order valence-corrected chi connectivity index (χ2v) is 10.6. The Bertz CT molecular complexity index is 210. The molecule has 0 aromatic carbocycles. The van der Waals surface area contributed by atoms with Crippen LogP contribution in [0.2, 0.25) is 18.1 Å². The normalized spacial score (nSPS) is 20.7. The predicted octanol–water partition coefficient (Wildman–Crippen LogP) is 4.48. The Morgan fingerprint density at radius 1 is 0.944 bits per heavy atom. The van der Waals surface area contributed by atoms with Crippen molar-refractivity contribution in [2.24, 2.45) is 0 Å². The van der Waals surface area contributed by atoms with Crippen molar-refractivity contribution in [3.8, 4) is 0 Å². The van der Waals surface area contributed by atoms with Gasteiger partial charge < -0.3 is 9.53 Å². The van der Waals surface area contributed by atoms with Gasteiger partial charge >= 0.3 is 0 Å². The minimum Gasteiger partial charge on any atom is -0.411 e. The van der Waals surface area contributed by atoms with Crippen LogP contribution >= 0.6 is 0 Å². The van der Waals surface area contributed by atoms with Crippen LogP contribution in [-0.2, 0) is 4.43 Å². The van der Waals surface area contributed by atoms with Gasteiger partial charge in [0, 0.05) is 6.61 Å². The van der Waals surface area contributed by atoms with Gasteiger partial charge in [0.2, 0.25) is 0 Å². The second-order valence-electron chi connectivity index (χ2n) is 5.92. The molecule has 1 aliphatic rings. The maximum absolute atomic E-state index is 9.43. The zero-order chi connectivity index (χ0) is 13.5. The minimum absolute atomic E-state index is 0.0134. The fourth-order valence-electron chi connectivity index (χ4n) is 3.41. The zero-order valence-corrected chi connectivity index (χ0v) is 13.6. The molecule has 0 heterocycles. The molecular weight excluding hydrogens is 240 g/mol. The minimum atomic E-state index is -1.55. The van der Waals surface area contributed by atoms with Crippen molar-refractivity contribution in [1.82, 2.24) is 0 Å². The molecule has 0 spiro atoms. The highest BCUT2D eigenvalue weighted by molar-refractivity contribution is 6.73. The molecular formula is C15H32O2Si. The first-order valence-electron chi connectivity index (χ1n) is 7.97. The van der Waals surface area contributed by atoms with Gasteiger partial charge in [0.05, 0.1) is 5.60 Å². The van der Waals surface area contributed by atoms with Crippen LogP contribution in [0.5, 0.6) is 0 Å². The lowest BCUT2D eigenvalue weighted by molar-refractivity contribution is 0.0162. The molecule has 1 saturated carbocycles. The highest BCUT2D eigenvalue weighted by atomic mass is 28.4. The summed E-state index contributed by atoms with van der Waals surface area (Å²) in [5.41, 5.74) is 0.0134. The quantitative estimate of drug-likeness (QED) is 0.547. The fourth-order valence-corrected chi connectivity index (χ4v) is 6.56. The first-order chi connectivity index (χ1) is 8.66. The van der Waals surface area contributed by atoms with E-state index in [-0.39, 0.29) is 12.2 Å². The molecule has 3 heteroatoms. The Morgan fingerprint density at radius 2 is 1.44 bits per heavy atom. The Morgan fingerprint density at radius 3 is 1.83 bits per heavy atom. The highest BCUT2D eigenvalue weighted by Crippen LogP contribution is 2.38. The predicted molar refractivity (Wildman–Crippen MR) is 80.4 cm³/mol. The van der Waals surface area contributed by atoms with E-state index in [9.17, 15) is 5.11 Å². The van der Waals surface area contributed by atoms with Crippen LogP contribution in [0, 0.1) is 0 Å². The van der Waals surface area contributed by atoms with E-state index in [4.69, 9.17) is 4.43 Å². The Kier molecular flexibility index (Phi) is 6.89. The zero-order valence-electron chi connectivity index (χ0n) is 12.6. The molecule has 0 aliphatic heterocycles. The summed E-state index contributed by atoms with van der Waals surface area (Å²) in [6, 6.07) is 3.65. The second kappa shape index (κ2) is 7.66. The summed E-state index contributed by atoms with van der Waals surface area (Å²) in [6.07, 6.45) is 8.43. The van der Waals surface area contributed by atoms with E-state index in [1.165, 1.54) is 56.7 Å². The lowest BCUT2D eigenvalue weighted by atomic mass is 9.91. The smallest absolute Gasteiger partial charge is 0.192 e. The third-order valence-electron chi connectivity index (χ3n) is 4.95. The van der Waals surface area contributed by atoms with E-state index >= 15 is 0 Å². The van der Waals surface area contributed by atoms with Crippen LogP contribution in [0.15, 0.2) is 0 Å². The number of hydrogen-bond donors (Lipinski definition) is 1. The lowest BCUT2D eigenvalue weighted by Crippen LogP contribution is -2.47. The summed E-state index contributed by atoms with van der Waals surface area (Å²) in [5, 5.41) is 9.43. The molecule has 0 amide bonds. The first-order valence-corrected chi connectivity index (χ1v) is 10.5. The standard InChI is InChI=1S/C15H32O2Si/c1-4-18(5-2,6-3)17-15(13-14-16)11-9-7-8-10-12-15/h16H,4-14H2,1-3H3. The topological polar surface area (TPSA) is 29.5 Å². The van der Waals surface area contributed by atoms with E-state index < -0.39 is 8.32 Å². The van der Waals surface area contributed by atoms with Crippen LogP contribution in [-0.4, -0.2) is 25.6 Å². The summed E-state index contributed by atoms with van der Waals surface area (Å²) in [6.45, 7) is 7.16. The third kappa shape index (κ3) is 4.07. The van der Waals surface area contributed by atoms with Crippen molar-refractivity contribution in [2.75, 3.05) is 6.61 Å². The molecule has 0 atom stereocenters. The maximum atomic E-state index is 9.43. The van der Waals surface area contributed by atoms with Crippen LogP contribution < -0.4 is 0 Å². The van der Waals surface area contributed by atoms with E-state index in [0.717, 1.165) is 6.42 Å².